The fourth-order valence-corrected chi connectivity index (χ4v) is 1.53. The van der Waals surface area contributed by atoms with Gasteiger partial charge in [0.05, 0.1) is 0 Å². The monoisotopic (exact) mass is 196 g/mol. The molecule has 0 fully saturated rings. The maximum atomic E-state index is 4.09. The van der Waals surface area contributed by atoms with Crippen LogP contribution in [0, 0.1) is 0 Å². The van der Waals surface area contributed by atoms with E-state index in [0.717, 1.165) is 16.8 Å². The molecule has 0 radical (unpaired) electrons. The molecule has 3 aromatic rings. The van der Waals surface area contributed by atoms with Crippen LogP contribution in [-0.4, -0.2) is 19.6 Å². The highest BCUT2D eigenvalue weighted by Gasteiger charge is 1.99. The third kappa shape index (κ3) is 1.36. The first-order chi connectivity index (χ1) is 7.43. The van der Waals surface area contributed by atoms with E-state index in [2.05, 4.69) is 15.2 Å². The van der Waals surface area contributed by atoms with E-state index in [-0.39, 0.29) is 0 Å². The van der Waals surface area contributed by atoms with E-state index in [1.807, 2.05) is 41.1 Å². The molecule has 0 saturated heterocycles. The quantitative estimate of drug-likeness (QED) is 0.596. The number of hydrogen-bond acceptors (Lipinski definition) is 3. The fraction of sp³-hybridized carbons (Fsp3) is 0. The standard InChI is InChI=1S/C11H8N4/c1-2-9(6-12-5-1)10-3-4-11-14-13-8-15(11)7-10/h1-8H. The molecular formula is C11H8N4. The molecule has 72 valence electrons. The van der Waals surface area contributed by atoms with Crippen LogP contribution in [-0.2, 0) is 0 Å². The highest BCUT2D eigenvalue weighted by molar-refractivity contribution is 5.63. The third-order valence-corrected chi connectivity index (χ3v) is 2.29. The Morgan fingerprint density at radius 1 is 1.07 bits per heavy atom. The van der Waals surface area contributed by atoms with Gasteiger partial charge in [-0.1, -0.05) is 6.07 Å². The predicted octanol–water partition coefficient (Wildman–Crippen LogP) is 1.79. The van der Waals surface area contributed by atoms with Crippen LogP contribution in [0.5, 0.6) is 0 Å². The van der Waals surface area contributed by atoms with E-state index in [9.17, 15) is 0 Å². The Labute approximate surface area is 86.2 Å². The maximum absolute atomic E-state index is 4.09. The highest BCUT2D eigenvalue weighted by atomic mass is 15.2. The van der Waals surface area contributed by atoms with Crippen molar-refractivity contribution in [1.29, 1.82) is 0 Å². The molecule has 0 N–H and O–H groups in total. The average Bonchev–Trinajstić information content (AvgIpc) is 2.77. The van der Waals surface area contributed by atoms with Crippen LogP contribution in [0.15, 0.2) is 49.2 Å². The second-order valence-corrected chi connectivity index (χ2v) is 3.26. The van der Waals surface area contributed by atoms with Crippen LogP contribution in [0.1, 0.15) is 0 Å². The van der Waals surface area contributed by atoms with Gasteiger partial charge >= 0.3 is 0 Å². The molecule has 0 unspecified atom stereocenters. The van der Waals surface area contributed by atoms with Crippen molar-refractivity contribution in [1.82, 2.24) is 19.6 Å². The molecule has 0 bridgehead atoms. The van der Waals surface area contributed by atoms with Gasteiger partial charge in [0.25, 0.3) is 0 Å². The Balaban J connectivity index is 2.19. The van der Waals surface area contributed by atoms with Gasteiger partial charge in [-0.25, -0.2) is 0 Å². The van der Waals surface area contributed by atoms with Crippen molar-refractivity contribution in [3.63, 3.8) is 0 Å². The maximum Gasteiger partial charge on any atom is 0.160 e. The van der Waals surface area contributed by atoms with Crippen LogP contribution < -0.4 is 0 Å². The summed E-state index contributed by atoms with van der Waals surface area (Å²) in [6.45, 7) is 0. The average molecular weight is 196 g/mol. The summed E-state index contributed by atoms with van der Waals surface area (Å²) < 4.78 is 1.89. The molecule has 4 nitrogen and oxygen atoms in total. The SMILES string of the molecule is c1cncc(-c2ccc3nncn3c2)c1. The zero-order chi connectivity index (χ0) is 10.1. The normalized spacial score (nSPS) is 10.7. The third-order valence-electron chi connectivity index (χ3n) is 2.29. The van der Waals surface area contributed by atoms with Gasteiger partial charge in [-0.05, 0) is 18.2 Å². The topological polar surface area (TPSA) is 43.1 Å². The number of pyridine rings is 2. The Hall–Kier alpha value is -2.23. The van der Waals surface area contributed by atoms with E-state index < -0.39 is 0 Å². The number of rotatable bonds is 1. The molecule has 4 heteroatoms. The lowest BCUT2D eigenvalue weighted by atomic mass is 10.1. The van der Waals surface area contributed by atoms with Gasteiger partial charge in [0, 0.05) is 29.7 Å². The largest absolute Gasteiger partial charge is 0.288 e. The van der Waals surface area contributed by atoms with E-state index in [1.165, 1.54) is 0 Å². The van der Waals surface area contributed by atoms with Gasteiger partial charge < -0.3 is 0 Å². The summed E-state index contributed by atoms with van der Waals surface area (Å²) in [6, 6.07) is 7.90. The number of nitrogens with zero attached hydrogens (tertiary/aromatic N) is 4. The Bertz CT molecular complexity index is 586. The molecule has 0 aromatic carbocycles. The molecule has 0 spiro atoms. The smallest absolute Gasteiger partial charge is 0.160 e. The molecule has 0 saturated carbocycles. The van der Waals surface area contributed by atoms with E-state index in [0.29, 0.717) is 0 Å². The molecule has 0 aliphatic heterocycles. The molecule has 3 heterocycles. The van der Waals surface area contributed by atoms with Crippen LogP contribution in [0.25, 0.3) is 16.8 Å². The summed E-state index contributed by atoms with van der Waals surface area (Å²) in [5.74, 6) is 0. The summed E-state index contributed by atoms with van der Waals surface area (Å²) in [7, 11) is 0. The number of fused-ring (bicyclic) bond motifs is 1. The summed E-state index contributed by atoms with van der Waals surface area (Å²) in [5, 5.41) is 7.78. The Kier molecular flexibility index (Phi) is 1.71. The van der Waals surface area contributed by atoms with Crippen molar-refractivity contribution < 1.29 is 0 Å². The second kappa shape index (κ2) is 3.16. The fourth-order valence-electron chi connectivity index (χ4n) is 1.53. The van der Waals surface area contributed by atoms with Crippen molar-refractivity contribution in [2.24, 2.45) is 0 Å². The van der Waals surface area contributed by atoms with E-state index in [4.69, 9.17) is 0 Å². The van der Waals surface area contributed by atoms with Crippen molar-refractivity contribution >= 4 is 5.65 Å². The lowest BCUT2D eigenvalue weighted by Gasteiger charge is -2.00. The van der Waals surface area contributed by atoms with Gasteiger partial charge in [-0.3, -0.25) is 9.38 Å². The zero-order valence-electron chi connectivity index (χ0n) is 7.91. The van der Waals surface area contributed by atoms with Crippen molar-refractivity contribution in [2.45, 2.75) is 0 Å². The minimum absolute atomic E-state index is 0.850. The first-order valence-electron chi connectivity index (χ1n) is 4.63. The second-order valence-electron chi connectivity index (χ2n) is 3.26. The summed E-state index contributed by atoms with van der Waals surface area (Å²) >= 11 is 0. The Morgan fingerprint density at radius 2 is 2.07 bits per heavy atom. The minimum Gasteiger partial charge on any atom is -0.288 e. The lowest BCUT2D eigenvalue weighted by molar-refractivity contribution is 1.10. The predicted molar refractivity (Wildman–Crippen MR) is 56.2 cm³/mol. The highest BCUT2D eigenvalue weighted by Crippen LogP contribution is 2.17. The summed E-state index contributed by atoms with van der Waals surface area (Å²) in [5.41, 5.74) is 3.05. The van der Waals surface area contributed by atoms with Gasteiger partial charge in [0.15, 0.2) is 5.65 Å². The van der Waals surface area contributed by atoms with Gasteiger partial charge in [-0.2, -0.15) is 0 Å². The van der Waals surface area contributed by atoms with Crippen LogP contribution in [0.4, 0.5) is 0 Å². The van der Waals surface area contributed by atoms with Crippen LogP contribution in [0.3, 0.4) is 0 Å². The molecule has 15 heavy (non-hydrogen) atoms. The molecule has 0 amide bonds. The van der Waals surface area contributed by atoms with Crippen LogP contribution >= 0.6 is 0 Å². The molecule has 3 aromatic heterocycles. The first-order valence-corrected chi connectivity index (χ1v) is 4.63. The summed E-state index contributed by atoms with van der Waals surface area (Å²) in [6.07, 6.45) is 7.29. The molecule has 0 aliphatic rings. The summed E-state index contributed by atoms with van der Waals surface area (Å²) in [4.78, 5) is 4.09. The molecule has 0 atom stereocenters. The zero-order valence-corrected chi connectivity index (χ0v) is 7.91. The lowest BCUT2D eigenvalue weighted by Crippen LogP contribution is -1.85. The van der Waals surface area contributed by atoms with E-state index in [1.54, 1.807) is 12.5 Å². The van der Waals surface area contributed by atoms with Crippen molar-refractivity contribution in [2.75, 3.05) is 0 Å². The van der Waals surface area contributed by atoms with E-state index >= 15 is 0 Å². The Morgan fingerprint density at radius 3 is 2.93 bits per heavy atom. The van der Waals surface area contributed by atoms with Gasteiger partial charge in [-0.15, -0.1) is 10.2 Å². The van der Waals surface area contributed by atoms with Crippen molar-refractivity contribution in [3.05, 3.63) is 49.2 Å². The number of hydrogen-bond donors (Lipinski definition) is 0. The minimum atomic E-state index is 0.850. The van der Waals surface area contributed by atoms with Gasteiger partial charge in [0.2, 0.25) is 0 Å². The molecule has 0 aliphatic carbocycles. The first kappa shape index (κ1) is 8.11. The molecule has 3 rings (SSSR count). The molecular weight excluding hydrogens is 188 g/mol. The van der Waals surface area contributed by atoms with Gasteiger partial charge in [0.1, 0.15) is 6.33 Å². The van der Waals surface area contributed by atoms with Crippen molar-refractivity contribution in [3.8, 4) is 11.1 Å². The number of aromatic nitrogens is 4. The van der Waals surface area contributed by atoms with Crippen LogP contribution in [0.2, 0.25) is 0 Å².